The van der Waals surface area contributed by atoms with E-state index >= 15 is 0 Å². The van der Waals surface area contributed by atoms with Crippen molar-refractivity contribution < 1.29 is 38.3 Å². The molecule has 3 fully saturated rings. The molecule has 3 saturated heterocycles. The number of carbonyl (C=O) groups excluding carboxylic acids is 1. The van der Waals surface area contributed by atoms with E-state index in [9.17, 15) is 9.90 Å². The van der Waals surface area contributed by atoms with Gasteiger partial charge in [0.15, 0.2) is 5.79 Å². The summed E-state index contributed by atoms with van der Waals surface area (Å²) in [5.41, 5.74) is 1.09. The van der Waals surface area contributed by atoms with Crippen molar-refractivity contribution in [1.29, 1.82) is 0 Å². The second-order valence-corrected chi connectivity index (χ2v) is 9.09. The highest BCUT2D eigenvalue weighted by molar-refractivity contribution is 5.65. The van der Waals surface area contributed by atoms with Crippen molar-refractivity contribution >= 4 is 5.97 Å². The van der Waals surface area contributed by atoms with Gasteiger partial charge in [-0.1, -0.05) is 30.3 Å². The molecule has 1 N–H and O–H groups in total. The Labute approximate surface area is 195 Å². The minimum absolute atomic E-state index is 0.00511. The van der Waals surface area contributed by atoms with E-state index in [4.69, 9.17) is 28.4 Å². The molecule has 0 bridgehead atoms. The molecule has 8 nitrogen and oxygen atoms in total. The van der Waals surface area contributed by atoms with Gasteiger partial charge in [-0.2, -0.15) is 0 Å². The first-order chi connectivity index (χ1) is 16.0. The number of ether oxygens (including phenoxy) is 6. The van der Waals surface area contributed by atoms with Crippen LogP contribution in [0.5, 0.6) is 0 Å². The summed E-state index contributed by atoms with van der Waals surface area (Å²) in [5, 5.41) is 9.33. The van der Waals surface area contributed by atoms with Gasteiger partial charge < -0.3 is 33.5 Å². The van der Waals surface area contributed by atoms with Crippen molar-refractivity contribution in [2.75, 3.05) is 20.3 Å². The van der Waals surface area contributed by atoms with Gasteiger partial charge in [0.2, 0.25) is 0 Å². The van der Waals surface area contributed by atoms with Gasteiger partial charge in [-0.25, -0.2) is 0 Å². The maximum atomic E-state index is 11.1. The van der Waals surface area contributed by atoms with Crippen molar-refractivity contribution in [2.45, 2.75) is 94.5 Å². The Bertz CT molecular complexity index is 758. The lowest BCUT2D eigenvalue weighted by Gasteiger charge is -2.51. The van der Waals surface area contributed by atoms with Crippen molar-refractivity contribution in [2.24, 2.45) is 0 Å². The fourth-order valence-corrected chi connectivity index (χ4v) is 5.21. The molecule has 0 radical (unpaired) electrons. The maximum absolute atomic E-state index is 11.1. The first-order valence-electron chi connectivity index (χ1n) is 12.0. The normalized spacial score (nSPS) is 35.6. The van der Waals surface area contributed by atoms with Crippen LogP contribution < -0.4 is 0 Å². The van der Waals surface area contributed by atoms with Gasteiger partial charge in [0.25, 0.3) is 0 Å². The number of hydrogen-bond donors (Lipinski definition) is 1. The van der Waals surface area contributed by atoms with Crippen LogP contribution in [0.1, 0.15) is 51.0 Å². The van der Waals surface area contributed by atoms with Crippen LogP contribution in [0.25, 0.3) is 0 Å². The van der Waals surface area contributed by atoms with Crippen molar-refractivity contribution in [3.8, 4) is 0 Å². The molecule has 184 valence electrons. The van der Waals surface area contributed by atoms with Gasteiger partial charge in [0, 0.05) is 33.5 Å². The zero-order valence-corrected chi connectivity index (χ0v) is 19.5. The number of carbonyl (C=O) groups is 1. The van der Waals surface area contributed by atoms with E-state index in [1.54, 1.807) is 7.11 Å². The Morgan fingerprint density at radius 2 is 2.03 bits per heavy atom. The van der Waals surface area contributed by atoms with Crippen LogP contribution in [0.15, 0.2) is 30.3 Å². The second-order valence-electron chi connectivity index (χ2n) is 9.09. The molecule has 3 aliphatic heterocycles. The predicted molar refractivity (Wildman–Crippen MR) is 118 cm³/mol. The van der Waals surface area contributed by atoms with E-state index < -0.39 is 5.79 Å². The number of esters is 1. The van der Waals surface area contributed by atoms with E-state index in [1.807, 2.05) is 30.3 Å². The molecular formula is C25H36O8. The number of hydrogen-bond acceptors (Lipinski definition) is 8. The minimum atomic E-state index is -0.836. The lowest BCUT2D eigenvalue weighted by atomic mass is 9.87. The minimum Gasteiger partial charge on any atom is -0.466 e. The SMILES string of the molecule is COC12CCC(CCO)OC1C[C@@H]1OC(CCCOC(C)=O)C(OCc3ccccc3)C1O2. The van der Waals surface area contributed by atoms with Crippen LogP contribution in [0.2, 0.25) is 0 Å². The first-order valence-corrected chi connectivity index (χ1v) is 12.0. The van der Waals surface area contributed by atoms with Crippen LogP contribution in [0.3, 0.4) is 0 Å². The third-order valence-corrected chi connectivity index (χ3v) is 6.87. The molecule has 0 spiro atoms. The lowest BCUT2D eigenvalue weighted by molar-refractivity contribution is -0.361. The molecule has 0 aromatic heterocycles. The molecule has 3 aliphatic rings. The monoisotopic (exact) mass is 464 g/mol. The Hall–Kier alpha value is -1.55. The largest absolute Gasteiger partial charge is 0.466 e. The summed E-state index contributed by atoms with van der Waals surface area (Å²) in [7, 11) is 1.66. The van der Waals surface area contributed by atoms with Gasteiger partial charge in [0.05, 0.1) is 31.5 Å². The zero-order valence-electron chi connectivity index (χ0n) is 19.5. The maximum Gasteiger partial charge on any atom is 0.302 e. The van der Waals surface area contributed by atoms with E-state index in [0.717, 1.165) is 12.0 Å². The highest BCUT2D eigenvalue weighted by atomic mass is 16.7. The molecule has 8 heteroatoms. The third-order valence-electron chi connectivity index (χ3n) is 6.87. The van der Waals surface area contributed by atoms with Crippen molar-refractivity contribution in [1.82, 2.24) is 0 Å². The van der Waals surface area contributed by atoms with Crippen LogP contribution in [-0.2, 0) is 39.8 Å². The summed E-state index contributed by atoms with van der Waals surface area (Å²) in [5.74, 6) is -1.12. The average Bonchev–Trinajstić information content (AvgIpc) is 3.15. The number of aliphatic hydroxyl groups excluding tert-OH is 1. The number of methoxy groups -OCH3 is 1. The third kappa shape index (κ3) is 5.75. The molecule has 1 aromatic carbocycles. The van der Waals surface area contributed by atoms with E-state index in [-0.39, 0.29) is 49.2 Å². The van der Waals surface area contributed by atoms with Crippen molar-refractivity contribution in [3.63, 3.8) is 0 Å². The predicted octanol–water partition coefficient (Wildman–Crippen LogP) is 2.74. The summed E-state index contributed by atoms with van der Waals surface area (Å²) in [6, 6.07) is 10.0. The van der Waals surface area contributed by atoms with Gasteiger partial charge in [-0.05, 0) is 31.2 Å². The van der Waals surface area contributed by atoms with Gasteiger partial charge in [0.1, 0.15) is 18.3 Å². The lowest BCUT2D eigenvalue weighted by Crippen LogP contribution is -2.62. The van der Waals surface area contributed by atoms with Gasteiger partial charge >= 0.3 is 5.97 Å². The Balaban J connectivity index is 1.46. The highest BCUT2D eigenvalue weighted by Crippen LogP contribution is 2.46. The number of benzene rings is 1. The first kappa shape index (κ1) is 24.6. The van der Waals surface area contributed by atoms with Crippen LogP contribution >= 0.6 is 0 Å². The second kappa shape index (κ2) is 11.3. The van der Waals surface area contributed by atoms with Gasteiger partial charge in [-0.3, -0.25) is 4.79 Å². The van der Waals surface area contributed by atoms with E-state index in [1.165, 1.54) is 6.92 Å². The van der Waals surface area contributed by atoms with Crippen molar-refractivity contribution in [3.05, 3.63) is 35.9 Å². The van der Waals surface area contributed by atoms with E-state index in [2.05, 4.69) is 0 Å². The smallest absolute Gasteiger partial charge is 0.302 e. The molecule has 6 unspecified atom stereocenters. The molecule has 33 heavy (non-hydrogen) atoms. The summed E-state index contributed by atoms with van der Waals surface area (Å²) < 4.78 is 36.7. The summed E-state index contributed by atoms with van der Waals surface area (Å²) in [6.45, 7) is 2.32. The molecule has 0 saturated carbocycles. The number of aliphatic hydroxyl groups is 1. The molecular weight excluding hydrogens is 428 g/mol. The summed E-state index contributed by atoms with van der Waals surface area (Å²) in [4.78, 5) is 11.1. The van der Waals surface area contributed by atoms with E-state index in [0.29, 0.717) is 45.3 Å². The zero-order chi connectivity index (χ0) is 23.3. The molecule has 4 rings (SSSR count). The Morgan fingerprint density at radius 1 is 1.21 bits per heavy atom. The van der Waals surface area contributed by atoms with Crippen LogP contribution in [0, 0.1) is 0 Å². The quantitative estimate of drug-likeness (QED) is 0.417. The van der Waals surface area contributed by atoms with Crippen LogP contribution in [-0.4, -0.2) is 73.8 Å². The van der Waals surface area contributed by atoms with Gasteiger partial charge in [-0.15, -0.1) is 0 Å². The summed E-state index contributed by atoms with van der Waals surface area (Å²) in [6.07, 6.45) is 2.93. The Morgan fingerprint density at radius 3 is 2.76 bits per heavy atom. The summed E-state index contributed by atoms with van der Waals surface area (Å²) >= 11 is 0. The number of fused-ring (bicyclic) bond motifs is 2. The highest BCUT2D eigenvalue weighted by Gasteiger charge is 2.59. The topological polar surface area (TPSA) is 92.7 Å². The molecule has 0 amide bonds. The molecule has 0 aliphatic carbocycles. The molecule has 7 atom stereocenters. The average molecular weight is 465 g/mol. The Kier molecular flexibility index (Phi) is 8.38. The standard InChI is InChI=1S/C25H36O8/c1-17(27)29-14-6-9-20-23(30-16-18-7-4-3-5-8-18)24-21(32-20)15-22-25(28-2,33-24)12-10-19(31-22)11-13-26/h3-5,7-8,19-24,26H,6,9-16H2,1-2H3/t19?,20?,21-,22?,23?,24?,25?/m0/s1. The fourth-order valence-electron chi connectivity index (χ4n) is 5.21. The van der Waals surface area contributed by atoms with Crippen LogP contribution in [0.4, 0.5) is 0 Å². The fraction of sp³-hybridized carbons (Fsp3) is 0.720. The number of rotatable bonds is 10. The molecule has 3 heterocycles. The molecule has 1 aromatic rings.